The molecule has 3 aromatic heterocycles. The van der Waals surface area contributed by atoms with Gasteiger partial charge in [0.2, 0.25) is 0 Å². The molecule has 40 heavy (non-hydrogen) atoms. The van der Waals surface area contributed by atoms with Gasteiger partial charge in [-0.05, 0) is 44.9 Å². The molecule has 208 valence electrons. The molecule has 1 aromatic carbocycles. The number of rotatable bonds is 9. The fraction of sp³-hybridized carbons (Fsp3) is 0.414. The minimum Gasteiger partial charge on any atom is -0.382 e. The van der Waals surface area contributed by atoms with Crippen LogP contribution in [-0.4, -0.2) is 67.8 Å². The summed E-state index contributed by atoms with van der Waals surface area (Å²) in [7, 11) is 0. The summed E-state index contributed by atoms with van der Waals surface area (Å²) in [5.74, 6) is 2.00. The van der Waals surface area contributed by atoms with E-state index in [1.807, 2.05) is 35.8 Å². The van der Waals surface area contributed by atoms with Gasteiger partial charge in [-0.3, -0.25) is 4.90 Å². The maximum absolute atomic E-state index is 9.53. The van der Waals surface area contributed by atoms with Crippen LogP contribution in [0.3, 0.4) is 0 Å². The Labute approximate surface area is 234 Å². The zero-order valence-electron chi connectivity index (χ0n) is 23.4. The van der Waals surface area contributed by atoms with E-state index < -0.39 is 0 Å². The first kappa shape index (κ1) is 27.3. The Bertz CT molecular complexity index is 1490. The predicted octanol–water partition coefficient (Wildman–Crippen LogP) is 3.57. The standard InChI is InChI=1S/C29H36N10O/c1-19-10-11-39-25(19)29(35-27(36-39)22(4)34-28-24(14-30)26(31)32-18-33-28)37-15-20(2)38(21(3)16-37)12-13-40-17-23-8-6-5-7-9-23/h5-11,18,20-22H,12-13,15-17H2,1-4H3,(H3,31,32,33,34)/t20-,21+,22-/m0/s1. The number of nitrogens with zero attached hydrogens (tertiary/aromatic N) is 8. The second-order valence-corrected chi connectivity index (χ2v) is 10.4. The lowest BCUT2D eigenvalue weighted by Crippen LogP contribution is -2.57. The van der Waals surface area contributed by atoms with Crippen molar-refractivity contribution >= 4 is 23.0 Å². The van der Waals surface area contributed by atoms with E-state index in [1.165, 1.54) is 11.9 Å². The maximum Gasteiger partial charge on any atom is 0.173 e. The molecule has 4 aromatic rings. The molecule has 1 aliphatic heterocycles. The molecule has 3 atom stereocenters. The van der Waals surface area contributed by atoms with Gasteiger partial charge >= 0.3 is 0 Å². The molecule has 11 heteroatoms. The molecule has 0 bridgehead atoms. The fourth-order valence-corrected chi connectivity index (χ4v) is 5.37. The number of nitrogens with one attached hydrogen (secondary N) is 1. The average molecular weight is 541 g/mol. The highest BCUT2D eigenvalue weighted by Crippen LogP contribution is 2.29. The van der Waals surface area contributed by atoms with Crippen molar-refractivity contribution in [1.82, 2.24) is 29.5 Å². The fourth-order valence-electron chi connectivity index (χ4n) is 5.37. The second kappa shape index (κ2) is 11.9. The number of anilines is 3. The van der Waals surface area contributed by atoms with Crippen LogP contribution in [0.15, 0.2) is 48.9 Å². The van der Waals surface area contributed by atoms with Crippen LogP contribution in [0.25, 0.3) is 5.52 Å². The first-order chi connectivity index (χ1) is 19.4. The summed E-state index contributed by atoms with van der Waals surface area (Å²) in [6.45, 7) is 12.4. The van der Waals surface area contributed by atoms with Crippen LogP contribution in [0, 0.1) is 18.3 Å². The average Bonchev–Trinajstić information content (AvgIpc) is 3.32. The monoisotopic (exact) mass is 540 g/mol. The first-order valence-electron chi connectivity index (χ1n) is 13.6. The molecule has 0 saturated carbocycles. The number of hydrogen-bond donors (Lipinski definition) is 2. The van der Waals surface area contributed by atoms with Crippen LogP contribution >= 0.6 is 0 Å². The van der Waals surface area contributed by atoms with Gasteiger partial charge in [0.1, 0.15) is 35.1 Å². The summed E-state index contributed by atoms with van der Waals surface area (Å²) in [5, 5.41) is 17.6. The number of piperazine rings is 1. The van der Waals surface area contributed by atoms with Gasteiger partial charge in [0.05, 0.1) is 19.3 Å². The van der Waals surface area contributed by atoms with E-state index in [0.29, 0.717) is 36.9 Å². The summed E-state index contributed by atoms with van der Waals surface area (Å²) in [6.07, 6.45) is 3.30. The number of hydrogen-bond acceptors (Lipinski definition) is 10. The summed E-state index contributed by atoms with van der Waals surface area (Å²) in [5.41, 5.74) is 9.40. The number of nitrogen functional groups attached to an aromatic ring is 1. The van der Waals surface area contributed by atoms with Crippen molar-refractivity contribution in [2.45, 2.75) is 52.4 Å². The van der Waals surface area contributed by atoms with Gasteiger partial charge in [-0.1, -0.05) is 30.3 Å². The Hall–Kier alpha value is -4.27. The molecule has 5 rings (SSSR count). The largest absolute Gasteiger partial charge is 0.382 e. The van der Waals surface area contributed by atoms with Crippen molar-refractivity contribution in [1.29, 1.82) is 5.26 Å². The smallest absolute Gasteiger partial charge is 0.173 e. The number of ether oxygens (including phenoxy) is 1. The summed E-state index contributed by atoms with van der Waals surface area (Å²) in [4.78, 5) is 18.1. The minimum absolute atomic E-state index is 0.136. The summed E-state index contributed by atoms with van der Waals surface area (Å²) < 4.78 is 7.88. The molecule has 11 nitrogen and oxygen atoms in total. The van der Waals surface area contributed by atoms with Crippen molar-refractivity contribution in [2.75, 3.05) is 42.2 Å². The lowest BCUT2D eigenvalue weighted by Gasteiger charge is -2.45. The lowest BCUT2D eigenvalue weighted by molar-refractivity contribution is 0.0560. The van der Waals surface area contributed by atoms with Crippen LogP contribution < -0.4 is 16.0 Å². The van der Waals surface area contributed by atoms with Crippen LogP contribution in [0.5, 0.6) is 0 Å². The van der Waals surface area contributed by atoms with Crippen molar-refractivity contribution in [2.24, 2.45) is 0 Å². The molecule has 0 unspecified atom stereocenters. The summed E-state index contributed by atoms with van der Waals surface area (Å²) in [6, 6.07) is 14.7. The summed E-state index contributed by atoms with van der Waals surface area (Å²) >= 11 is 0. The molecule has 4 heterocycles. The number of nitrogens with two attached hydrogens (primary N) is 1. The van der Waals surface area contributed by atoms with Crippen LogP contribution in [0.1, 0.15) is 49.3 Å². The quantitative estimate of drug-likeness (QED) is 0.304. The molecule has 0 aliphatic carbocycles. The Balaban J connectivity index is 1.32. The Morgan fingerprint density at radius 2 is 1.90 bits per heavy atom. The molecule has 0 radical (unpaired) electrons. The zero-order chi connectivity index (χ0) is 28.2. The Morgan fingerprint density at radius 1 is 1.15 bits per heavy atom. The van der Waals surface area contributed by atoms with Gasteiger partial charge < -0.3 is 20.7 Å². The molecule has 0 spiro atoms. The van der Waals surface area contributed by atoms with Crippen molar-refractivity contribution in [3.63, 3.8) is 0 Å². The number of fused-ring (bicyclic) bond motifs is 1. The van der Waals surface area contributed by atoms with Gasteiger partial charge in [0.15, 0.2) is 11.6 Å². The molecule has 1 fully saturated rings. The van der Waals surface area contributed by atoms with E-state index in [4.69, 9.17) is 20.6 Å². The number of aryl methyl sites for hydroxylation is 1. The molecular formula is C29H36N10O. The normalized spacial score (nSPS) is 18.5. The van der Waals surface area contributed by atoms with E-state index in [9.17, 15) is 5.26 Å². The maximum atomic E-state index is 9.53. The highest BCUT2D eigenvalue weighted by Gasteiger charge is 2.32. The topological polar surface area (TPSA) is 134 Å². The van der Waals surface area contributed by atoms with Crippen LogP contribution in [0.2, 0.25) is 0 Å². The van der Waals surface area contributed by atoms with Gasteiger partial charge in [0.25, 0.3) is 0 Å². The second-order valence-electron chi connectivity index (χ2n) is 10.4. The first-order valence-corrected chi connectivity index (χ1v) is 13.6. The molecule has 0 amide bonds. The predicted molar refractivity (Wildman–Crippen MR) is 155 cm³/mol. The third kappa shape index (κ3) is 5.68. The third-order valence-corrected chi connectivity index (χ3v) is 7.45. The van der Waals surface area contributed by atoms with Crippen molar-refractivity contribution in [3.8, 4) is 6.07 Å². The lowest BCUT2D eigenvalue weighted by atomic mass is 10.1. The van der Waals surface area contributed by atoms with Crippen LogP contribution in [-0.2, 0) is 11.3 Å². The van der Waals surface area contributed by atoms with Gasteiger partial charge in [-0.2, -0.15) is 10.4 Å². The van der Waals surface area contributed by atoms with Crippen molar-refractivity contribution < 1.29 is 4.74 Å². The van der Waals surface area contributed by atoms with E-state index in [-0.39, 0.29) is 17.4 Å². The Morgan fingerprint density at radius 3 is 2.62 bits per heavy atom. The highest BCUT2D eigenvalue weighted by molar-refractivity contribution is 5.73. The third-order valence-electron chi connectivity index (χ3n) is 7.45. The van der Waals surface area contributed by atoms with Crippen molar-refractivity contribution in [3.05, 3.63) is 71.4 Å². The van der Waals surface area contributed by atoms with Gasteiger partial charge in [-0.15, -0.1) is 0 Å². The van der Waals surface area contributed by atoms with Crippen LogP contribution in [0.4, 0.5) is 17.5 Å². The van der Waals surface area contributed by atoms with E-state index in [2.05, 4.69) is 70.1 Å². The Kier molecular flexibility index (Phi) is 8.09. The van der Waals surface area contributed by atoms with Gasteiger partial charge in [-0.25, -0.2) is 19.5 Å². The van der Waals surface area contributed by atoms with E-state index >= 15 is 0 Å². The molecule has 1 aliphatic rings. The zero-order valence-corrected chi connectivity index (χ0v) is 23.4. The van der Waals surface area contributed by atoms with E-state index in [1.54, 1.807) is 0 Å². The minimum atomic E-state index is -0.329. The van der Waals surface area contributed by atoms with E-state index in [0.717, 1.165) is 36.5 Å². The SMILES string of the molecule is Cc1ccn2nc([C@H](C)Nc3ncnc(N)c3C#N)nc(N3C[C@@H](C)N(CCOCc4ccccc4)[C@@H](C)C3)c12. The number of benzene rings is 1. The molecular weight excluding hydrogens is 504 g/mol. The number of aromatic nitrogens is 5. The molecule has 3 N–H and O–H groups in total. The number of nitriles is 1. The highest BCUT2D eigenvalue weighted by atomic mass is 16.5. The van der Waals surface area contributed by atoms with Gasteiger partial charge in [0, 0.05) is 37.9 Å². The molecule has 1 saturated heterocycles.